The summed E-state index contributed by atoms with van der Waals surface area (Å²) in [6, 6.07) is 14.2. The second-order valence-electron chi connectivity index (χ2n) is 10.4. The zero-order valence-electron chi connectivity index (χ0n) is 23.4. The Bertz CT molecular complexity index is 1880. The molecule has 1 fully saturated rings. The van der Waals surface area contributed by atoms with E-state index in [0.29, 0.717) is 22.2 Å². The Labute approximate surface area is 260 Å². The van der Waals surface area contributed by atoms with Crippen molar-refractivity contribution in [3.8, 4) is 11.5 Å². The molecule has 1 unspecified atom stereocenters. The number of rotatable bonds is 8. The number of para-hydroxylation sites is 2. The highest BCUT2D eigenvalue weighted by molar-refractivity contribution is 8.23. The number of benzene rings is 3. The first-order valence-electron chi connectivity index (χ1n) is 13.6. The summed E-state index contributed by atoms with van der Waals surface area (Å²) in [7, 11) is -8.52. The minimum Gasteiger partial charge on any atom is -0.486 e. The monoisotopic (exact) mass is 682 g/mol. The zero-order valence-corrected chi connectivity index (χ0v) is 25.1. The maximum absolute atomic E-state index is 14.1. The molecule has 0 aliphatic carbocycles. The van der Waals surface area contributed by atoms with E-state index in [9.17, 15) is 40.3 Å². The lowest BCUT2D eigenvalue weighted by Crippen LogP contribution is -2.42. The number of hydrogen-bond donors (Lipinski definition) is 4. The Hall–Kier alpha value is -4.36. The number of ether oxygens (including phenoxy) is 2. The van der Waals surface area contributed by atoms with Gasteiger partial charge in [0.05, 0.1) is 22.3 Å². The first kappa shape index (κ1) is 31.6. The topological polar surface area (TPSA) is 180 Å². The second-order valence-corrected chi connectivity index (χ2v) is 14.1. The molecular formula is C28H25F3N4O9S2. The summed E-state index contributed by atoms with van der Waals surface area (Å²) in [4.78, 5) is 35.4. The van der Waals surface area contributed by atoms with E-state index in [0.717, 1.165) is 12.1 Å². The molecule has 3 heterocycles. The van der Waals surface area contributed by atoms with Crippen LogP contribution >= 0.6 is 10.8 Å². The molecule has 0 saturated carbocycles. The minimum atomic E-state index is -5.56. The highest BCUT2D eigenvalue weighted by atomic mass is 32.3. The van der Waals surface area contributed by atoms with Gasteiger partial charge in [-0.1, -0.05) is 36.4 Å². The van der Waals surface area contributed by atoms with Gasteiger partial charge in [0.2, 0.25) is 5.91 Å². The van der Waals surface area contributed by atoms with Crippen molar-refractivity contribution in [3.05, 3.63) is 83.7 Å². The second kappa shape index (κ2) is 11.8. The fourth-order valence-corrected chi connectivity index (χ4v) is 7.93. The smallest absolute Gasteiger partial charge is 0.486 e. The van der Waals surface area contributed by atoms with E-state index < -0.39 is 55.0 Å². The Morgan fingerprint density at radius 2 is 1.76 bits per heavy atom. The molecule has 2 aliphatic heterocycles. The van der Waals surface area contributed by atoms with E-state index in [1.54, 1.807) is 24.3 Å². The van der Waals surface area contributed by atoms with Crippen molar-refractivity contribution in [1.82, 2.24) is 19.2 Å². The number of nitrogens with zero attached hydrogens (tertiary/aromatic N) is 2. The molecule has 0 bridgehead atoms. The van der Waals surface area contributed by atoms with Gasteiger partial charge in [-0.15, -0.1) is 10.8 Å². The maximum Gasteiger partial charge on any atom is 0.492 e. The van der Waals surface area contributed by atoms with Crippen molar-refractivity contribution in [3.63, 3.8) is 0 Å². The minimum absolute atomic E-state index is 0.0242. The van der Waals surface area contributed by atoms with Crippen molar-refractivity contribution in [2.45, 2.75) is 35.2 Å². The van der Waals surface area contributed by atoms with Gasteiger partial charge in [-0.25, -0.2) is 18.2 Å². The molecular weight excluding hydrogens is 657 g/mol. The number of aromatic nitrogens is 2. The number of nitrogens with one attached hydrogen (secondary N) is 2. The van der Waals surface area contributed by atoms with Crippen LogP contribution in [-0.4, -0.2) is 63.2 Å². The maximum atomic E-state index is 14.1. The lowest BCUT2D eigenvalue weighted by molar-refractivity contribution is -0.227. The Morgan fingerprint density at radius 3 is 2.41 bits per heavy atom. The van der Waals surface area contributed by atoms with E-state index >= 15 is 0 Å². The fourth-order valence-electron chi connectivity index (χ4n) is 5.07. The predicted octanol–water partition coefficient (Wildman–Crippen LogP) is 4.56. The third-order valence-electron chi connectivity index (χ3n) is 7.24. The van der Waals surface area contributed by atoms with Gasteiger partial charge in [-0.05, 0) is 46.3 Å². The quantitative estimate of drug-likeness (QED) is 0.193. The molecule has 13 nitrogen and oxygen atoms in total. The third kappa shape index (κ3) is 6.21. The lowest BCUT2D eigenvalue weighted by Gasteiger charge is -2.33. The van der Waals surface area contributed by atoms with Crippen LogP contribution in [-0.2, 0) is 30.9 Å². The normalized spacial score (nSPS) is 19.1. The van der Waals surface area contributed by atoms with Crippen LogP contribution in [0.2, 0.25) is 0 Å². The van der Waals surface area contributed by atoms with Gasteiger partial charge in [0, 0.05) is 6.07 Å². The Balaban J connectivity index is 1.44. The van der Waals surface area contributed by atoms with Crippen LogP contribution in [0.1, 0.15) is 34.7 Å². The molecule has 18 heteroatoms. The van der Waals surface area contributed by atoms with Crippen molar-refractivity contribution in [2.75, 3.05) is 13.2 Å². The number of aromatic amines is 1. The first-order valence-corrected chi connectivity index (χ1v) is 16.6. The lowest BCUT2D eigenvalue weighted by atomic mass is 10.0. The van der Waals surface area contributed by atoms with Crippen molar-refractivity contribution in [1.29, 1.82) is 0 Å². The van der Waals surface area contributed by atoms with Gasteiger partial charge in [-0.2, -0.15) is 13.2 Å². The highest BCUT2D eigenvalue weighted by Crippen LogP contribution is 2.56. The number of hydroxylamine groups is 1. The van der Waals surface area contributed by atoms with Crippen LogP contribution in [0.5, 0.6) is 11.5 Å². The van der Waals surface area contributed by atoms with Crippen LogP contribution in [0.15, 0.2) is 71.6 Å². The van der Waals surface area contributed by atoms with Crippen LogP contribution in [0, 0.1) is 0 Å². The summed E-state index contributed by atoms with van der Waals surface area (Å²) in [5.74, 6) is -3.23. The number of sulfonamides is 1. The molecule has 2 atom stereocenters. The number of hydrogen-bond acceptors (Lipinski definition) is 10. The van der Waals surface area contributed by atoms with E-state index in [-0.39, 0.29) is 47.8 Å². The third-order valence-corrected chi connectivity index (χ3v) is 10.7. The number of halogens is 3. The standard InChI is InChI=1S/C28H25F3N4O9S2/c29-28(30,31)27(37)44-35(46(40,41)18-9-10-22-23(14-18)43-12-11-42-22)21(26-32-19-3-1-2-4-20(19)33-26)13-16-5-7-17(8-6-16)24-15-25(36)34-45(24,38)39/h1-10,14,21,24,38-39H,11-13,15H2,(H,32,33)(H,34,36)/t21-,24?/m0/s1. The summed E-state index contributed by atoms with van der Waals surface area (Å²) in [5, 5.41) is -0.944. The molecule has 244 valence electrons. The van der Waals surface area contributed by atoms with E-state index in [4.69, 9.17) is 9.47 Å². The first-order chi connectivity index (χ1) is 21.7. The molecule has 0 radical (unpaired) electrons. The van der Waals surface area contributed by atoms with Crippen molar-refractivity contribution < 1.29 is 54.6 Å². The summed E-state index contributed by atoms with van der Waals surface area (Å²) in [6.45, 7) is 0.301. The van der Waals surface area contributed by atoms with Crippen LogP contribution in [0.25, 0.3) is 11.0 Å². The number of alkyl halides is 3. The van der Waals surface area contributed by atoms with Crippen LogP contribution in [0.4, 0.5) is 13.2 Å². The molecule has 3 aromatic carbocycles. The van der Waals surface area contributed by atoms with Crippen LogP contribution in [0.3, 0.4) is 0 Å². The Morgan fingerprint density at radius 1 is 1.07 bits per heavy atom. The van der Waals surface area contributed by atoms with Gasteiger partial charge < -0.3 is 19.3 Å². The molecule has 4 N–H and O–H groups in total. The number of carbonyl (C=O) groups excluding carboxylic acids is 2. The molecule has 6 rings (SSSR count). The van der Waals surface area contributed by atoms with E-state index in [2.05, 4.69) is 19.5 Å². The van der Waals surface area contributed by atoms with Gasteiger partial charge in [0.1, 0.15) is 30.3 Å². The van der Waals surface area contributed by atoms with Gasteiger partial charge in [-0.3, -0.25) is 18.6 Å². The molecule has 2 aliphatic rings. The average Bonchev–Trinajstić information content (AvgIpc) is 3.57. The molecule has 4 aromatic rings. The summed E-state index contributed by atoms with van der Waals surface area (Å²) < 4.78 is 102. The predicted molar refractivity (Wildman–Crippen MR) is 156 cm³/mol. The number of imidazole rings is 1. The molecule has 1 amide bonds. The summed E-state index contributed by atoms with van der Waals surface area (Å²) in [5.41, 5.74) is 1.51. The molecule has 1 saturated heterocycles. The van der Waals surface area contributed by atoms with Gasteiger partial charge in [0.25, 0.3) is 10.0 Å². The highest BCUT2D eigenvalue weighted by Gasteiger charge is 2.47. The average molecular weight is 683 g/mol. The number of amides is 1. The number of carbonyl (C=O) groups is 2. The summed E-state index contributed by atoms with van der Waals surface area (Å²) in [6.07, 6.45) is -6.11. The molecule has 46 heavy (non-hydrogen) atoms. The SMILES string of the molecule is O=C1CC(c2ccc(C[C@@H](c3nc4ccccc4[nH]3)N(OC(=O)C(F)(F)F)S(=O)(=O)c3ccc4c(c3)OCCO4)cc2)S(O)(O)N1. The summed E-state index contributed by atoms with van der Waals surface area (Å²) >= 11 is 0. The van der Waals surface area contributed by atoms with Gasteiger partial charge in [0.15, 0.2) is 11.5 Å². The number of H-pyrrole nitrogens is 1. The molecule has 0 spiro atoms. The fraction of sp³-hybridized carbons (Fsp3) is 0.250. The Kier molecular flexibility index (Phi) is 8.09. The van der Waals surface area contributed by atoms with Crippen LogP contribution < -0.4 is 14.2 Å². The largest absolute Gasteiger partial charge is 0.492 e. The molecule has 1 aromatic heterocycles. The van der Waals surface area contributed by atoms with E-state index in [1.165, 1.54) is 30.3 Å². The van der Waals surface area contributed by atoms with Crippen molar-refractivity contribution in [2.24, 2.45) is 0 Å². The zero-order chi connectivity index (χ0) is 32.9. The number of fused-ring (bicyclic) bond motifs is 2. The van der Waals surface area contributed by atoms with Gasteiger partial charge >= 0.3 is 12.1 Å². The van der Waals surface area contributed by atoms with Crippen molar-refractivity contribution >= 4 is 43.7 Å². The van der Waals surface area contributed by atoms with E-state index in [1.807, 2.05) is 0 Å².